The van der Waals surface area contributed by atoms with E-state index in [4.69, 9.17) is 10.00 Å². The van der Waals surface area contributed by atoms with Crippen LogP contribution in [0.25, 0.3) is 0 Å². The van der Waals surface area contributed by atoms with Gasteiger partial charge in [0.25, 0.3) is 0 Å². The molecular formula is C15H20N4O2. The molecule has 0 aliphatic carbocycles. The Morgan fingerprint density at radius 1 is 1.57 bits per heavy atom. The zero-order valence-corrected chi connectivity index (χ0v) is 12.6. The highest BCUT2D eigenvalue weighted by Crippen LogP contribution is 2.21. The first-order chi connectivity index (χ1) is 9.89. The van der Waals surface area contributed by atoms with E-state index >= 15 is 0 Å². The van der Waals surface area contributed by atoms with Crippen LogP contribution >= 0.6 is 0 Å². The molecule has 0 saturated carbocycles. The Morgan fingerprint density at radius 3 is 3.00 bits per heavy atom. The second-order valence-electron chi connectivity index (χ2n) is 6.06. The van der Waals surface area contributed by atoms with E-state index in [9.17, 15) is 4.79 Å². The Labute approximate surface area is 124 Å². The van der Waals surface area contributed by atoms with Gasteiger partial charge in [0.05, 0.1) is 11.6 Å². The molecule has 2 heterocycles. The maximum absolute atomic E-state index is 11.8. The number of ether oxygens (including phenoxy) is 1. The zero-order valence-electron chi connectivity index (χ0n) is 12.6. The van der Waals surface area contributed by atoms with E-state index < -0.39 is 11.7 Å². The second-order valence-corrected chi connectivity index (χ2v) is 6.06. The summed E-state index contributed by atoms with van der Waals surface area (Å²) in [6.45, 7) is 6.89. The van der Waals surface area contributed by atoms with Crippen LogP contribution in [0.1, 0.15) is 32.8 Å². The maximum Gasteiger partial charge on any atom is 0.407 e. The largest absolute Gasteiger partial charge is 0.444 e. The van der Waals surface area contributed by atoms with E-state index in [-0.39, 0.29) is 6.04 Å². The molecule has 1 amide bonds. The molecule has 1 aromatic rings. The first kappa shape index (κ1) is 15.1. The van der Waals surface area contributed by atoms with Crippen molar-refractivity contribution in [2.24, 2.45) is 0 Å². The number of anilines is 1. The number of alkyl carbamates (subject to hydrolysis) is 1. The first-order valence-electron chi connectivity index (χ1n) is 6.98. The maximum atomic E-state index is 11.8. The van der Waals surface area contributed by atoms with Gasteiger partial charge in [-0.15, -0.1) is 0 Å². The molecule has 0 bridgehead atoms. The quantitative estimate of drug-likeness (QED) is 0.901. The van der Waals surface area contributed by atoms with Crippen LogP contribution in [-0.2, 0) is 4.74 Å². The highest BCUT2D eigenvalue weighted by Gasteiger charge is 2.27. The normalized spacial score (nSPS) is 18.2. The number of hydrogen-bond donors (Lipinski definition) is 1. The van der Waals surface area contributed by atoms with Gasteiger partial charge in [-0.1, -0.05) is 0 Å². The summed E-state index contributed by atoms with van der Waals surface area (Å²) in [4.78, 5) is 18.0. The Kier molecular flexibility index (Phi) is 4.32. The van der Waals surface area contributed by atoms with Crippen LogP contribution in [-0.4, -0.2) is 35.8 Å². The average Bonchev–Trinajstić information content (AvgIpc) is 2.84. The standard InChI is InChI=1S/C15H20N4O2/c1-15(2,3)21-14(20)18-12-6-8-19(10-12)13-11(9-16)5-4-7-17-13/h4-5,7,12H,6,8,10H2,1-3H3,(H,18,20). The van der Waals surface area contributed by atoms with Gasteiger partial charge < -0.3 is 15.0 Å². The fourth-order valence-corrected chi connectivity index (χ4v) is 2.28. The molecule has 1 atom stereocenters. The lowest BCUT2D eigenvalue weighted by molar-refractivity contribution is 0.0509. The summed E-state index contributed by atoms with van der Waals surface area (Å²) in [6, 6.07) is 5.64. The molecule has 1 fully saturated rings. The predicted molar refractivity (Wildman–Crippen MR) is 78.9 cm³/mol. The highest BCUT2D eigenvalue weighted by molar-refractivity contribution is 5.68. The number of carbonyl (C=O) groups excluding carboxylic acids is 1. The number of nitrogens with zero attached hydrogens (tertiary/aromatic N) is 3. The summed E-state index contributed by atoms with van der Waals surface area (Å²) in [6.07, 6.45) is 2.07. The van der Waals surface area contributed by atoms with Crippen LogP contribution in [0.4, 0.5) is 10.6 Å². The van der Waals surface area contributed by atoms with Crippen LogP contribution in [0.5, 0.6) is 0 Å². The molecule has 6 nitrogen and oxygen atoms in total. The Hall–Kier alpha value is -2.29. The van der Waals surface area contributed by atoms with Gasteiger partial charge in [-0.3, -0.25) is 0 Å². The molecule has 1 aliphatic heterocycles. The van der Waals surface area contributed by atoms with Gasteiger partial charge in [-0.05, 0) is 39.3 Å². The summed E-state index contributed by atoms with van der Waals surface area (Å²) in [7, 11) is 0. The minimum absolute atomic E-state index is 0.00778. The number of carbonyl (C=O) groups is 1. The molecule has 0 spiro atoms. The van der Waals surface area contributed by atoms with Crippen molar-refractivity contribution in [2.45, 2.75) is 38.8 Å². The predicted octanol–water partition coefficient (Wildman–Crippen LogP) is 2.06. The van der Waals surface area contributed by atoms with E-state index in [1.807, 2.05) is 25.7 Å². The van der Waals surface area contributed by atoms with Gasteiger partial charge in [0, 0.05) is 19.3 Å². The minimum Gasteiger partial charge on any atom is -0.444 e. The molecule has 1 N–H and O–H groups in total. The van der Waals surface area contributed by atoms with Crippen molar-refractivity contribution in [3.8, 4) is 6.07 Å². The molecule has 1 saturated heterocycles. The van der Waals surface area contributed by atoms with Crippen molar-refractivity contribution in [1.29, 1.82) is 5.26 Å². The molecule has 112 valence electrons. The van der Waals surface area contributed by atoms with Gasteiger partial charge in [0.2, 0.25) is 0 Å². The fourth-order valence-electron chi connectivity index (χ4n) is 2.28. The highest BCUT2D eigenvalue weighted by atomic mass is 16.6. The van der Waals surface area contributed by atoms with Gasteiger partial charge in [-0.25, -0.2) is 9.78 Å². The van der Waals surface area contributed by atoms with Gasteiger partial charge in [-0.2, -0.15) is 5.26 Å². The van der Waals surface area contributed by atoms with Crippen LogP contribution in [0.2, 0.25) is 0 Å². The lowest BCUT2D eigenvalue weighted by Crippen LogP contribution is -2.40. The van der Waals surface area contributed by atoms with Gasteiger partial charge >= 0.3 is 6.09 Å². The van der Waals surface area contributed by atoms with Crippen molar-refractivity contribution in [3.05, 3.63) is 23.9 Å². The summed E-state index contributed by atoms with van der Waals surface area (Å²) < 4.78 is 5.25. The van der Waals surface area contributed by atoms with E-state index in [0.717, 1.165) is 13.0 Å². The Balaban J connectivity index is 1.95. The topological polar surface area (TPSA) is 78.2 Å². The van der Waals surface area contributed by atoms with Crippen LogP contribution in [0, 0.1) is 11.3 Å². The lowest BCUT2D eigenvalue weighted by Gasteiger charge is -2.22. The molecule has 21 heavy (non-hydrogen) atoms. The Morgan fingerprint density at radius 2 is 2.33 bits per heavy atom. The third kappa shape index (κ3) is 4.09. The van der Waals surface area contributed by atoms with Crippen molar-refractivity contribution >= 4 is 11.9 Å². The third-order valence-corrected chi connectivity index (χ3v) is 3.12. The number of rotatable bonds is 2. The van der Waals surface area contributed by atoms with Crippen LogP contribution in [0.15, 0.2) is 18.3 Å². The molecule has 0 aromatic carbocycles. The summed E-state index contributed by atoms with van der Waals surface area (Å²) in [5, 5.41) is 12.0. The van der Waals surface area contributed by atoms with Crippen molar-refractivity contribution in [2.75, 3.05) is 18.0 Å². The first-order valence-corrected chi connectivity index (χ1v) is 6.98. The Bertz CT molecular complexity index is 560. The number of nitrogens with one attached hydrogen (secondary N) is 1. The molecule has 1 aliphatic rings. The van der Waals surface area contributed by atoms with Gasteiger partial charge in [0.15, 0.2) is 0 Å². The van der Waals surface area contributed by atoms with E-state index in [1.54, 1.807) is 18.3 Å². The van der Waals surface area contributed by atoms with Crippen molar-refractivity contribution < 1.29 is 9.53 Å². The fraction of sp³-hybridized carbons (Fsp3) is 0.533. The molecule has 2 rings (SSSR count). The average molecular weight is 288 g/mol. The lowest BCUT2D eigenvalue weighted by atomic mass is 10.2. The molecular weight excluding hydrogens is 268 g/mol. The van der Waals surface area contributed by atoms with Crippen LogP contribution in [0.3, 0.4) is 0 Å². The van der Waals surface area contributed by atoms with Crippen molar-refractivity contribution in [1.82, 2.24) is 10.3 Å². The molecule has 0 radical (unpaired) electrons. The number of hydrogen-bond acceptors (Lipinski definition) is 5. The van der Waals surface area contributed by atoms with E-state index in [0.29, 0.717) is 17.9 Å². The van der Waals surface area contributed by atoms with Gasteiger partial charge in [0.1, 0.15) is 17.5 Å². The number of amides is 1. The number of nitriles is 1. The number of aromatic nitrogens is 1. The minimum atomic E-state index is -0.503. The number of pyridine rings is 1. The van der Waals surface area contributed by atoms with Crippen LogP contribution < -0.4 is 10.2 Å². The smallest absolute Gasteiger partial charge is 0.407 e. The second kappa shape index (κ2) is 6.00. The summed E-state index contributed by atoms with van der Waals surface area (Å²) in [5.41, 5.74) is 0.0487. The molecule has 1 unspecified atom stereocenters. The van der Waals surface area contributed by atoms with E-state index in [1.165, 1.54) is 0 Å². The molecule has 6 heteroatoms. The summed E-state index contributed by atoms with van der Waals surface area (Å²) in [5.74, 6) is 0.675. The summed E-state index contributed by atoms with van der Waals surface area (Å²) >= 11 is 0. The molecule has 1 aromatic heterocycles. The van der Waals surface area contributed by atoms with Crippen molar-refractivity contribution in [3.63, 3.8) is 0 Å². The zero-order chi connectivity index (χ0) is 15.5. The monoisotopic (exact) mass is 288 g/mol. The SMILES string of the molecule is CC(C)(C)OC(=O)NC1CCN(c2ncccc2C#N)C1. The van der Waals surface area contributed by atoms with E-state index in [2.05, 4.69) is 16.4 Å². The third-order valence-electron chi connectivity index (χ3n) is 3.12.